The van der Waals surface area contributed by atoms with E-state index >= 15 is 0 Å². The van der Waals surface area contributed by atoms with E-state index in [1.807, 2.05) is 25.3 Å². The summed E-state index contributed by atoms with van der Waals surface area (Å²) in [6.45, 7) is 2.56. The number of nitrogens with one attached hydrogen (secondary N) is 1. The number of furan rings is 1. The molecule has 2 heterocycles. The van der Waals surface area contributed by atoms with Crippen molar-refractivity contribution < 1.29 is 13.9 Å². The fourth-order valence-corrected chi connectivity index (χ4v) is 1.76. The summed E-state index contributed by atoms with van der Waals surface area (Å²) in [6.07, 6.45) is 5.04. The molecule has 0 aromatic carbocycles. The molecule has 2 aromatic heterocycles. The van der Waals surface area contributed by atoms with Crippen LogP contribution in [-0.2, 0) is 11.3 Å². The van der Waals surface area contributed by atoms with E-state index in [0.29, 0.717) is 6.54 Å². The third-order valence-corrected chi connectivity index (χ3v) is 2.90. The largest absolute Gasteiger partial charge is 0.463 e. The molecular weight excluding hydrogens is 244 g/mol. The first-order valence-corrected chi connectivity index (χ1v) is 6.00. The number of hydrogen-bond acceptors (Lipinski definition) is 5. The summed E-state index contributed by atoms with van der Waals surface area (Å²) < 4.78 is 9.78. The molecule has 0 saturated carbocycles. The van der Waals surface area contributed by atoms with E-state index in [2.05, 4.69) is 15.0 Å². The van der Waals surface area contributed by atoms with Crippen LogP contribution in [0.2, 0.25) is 0 Å². The summed E-state index contributed by atoms with van der Waals surface area (Å²) in [5, 5.41) is 3.31. The molecule has 0 aliphatic carbocycles. The Morgan fingerprint density at radius 2 is 2.37 bits per heavy atom. The Labute approximate surface area is 111 Å². The average molecular weight is 260 g/mol. The number of pyridine rings is 1. The quantitative estimate of drug-likeness (QED) is 0.836. The maximum Gasteiger partial charge on any atom is 0.374 e. The molecule has 1 atom stereocenters. The van der Waals surface area contributed by atoms with Crippen LogP contribution in [0.1, 0.15) is 34.6 Å². The van der Waals surface area contributed by atoms with Gasteiger partial charge in [-0.15, -0.1) is 0 Å². The Hall–Kier alpha value is -2.14. The van der Waals surface area contributed by atoms with Gasteiger partial charge < -0.3 is 14.5 Å². The first kappa shape index (κ1) is 13.3. The minimum Gasteiger partial charge on any atom is -0.463 e. The molecule has 2 rings (SSSR count). The summed E-state index contributed by atoms with van der Waals surface area (Å²) in [6, 6.07) is 5.79. The van der Waals surface area contributed by atoms with Gasteiger partial charge in [0.2, 0.25) is 5.76 Å². The average Bonchev–Trinajstić information content (AvgIpc) is 2.93. The van der Waals surface area contributed by atoms with Crippen LogP contribution >= 0.6 is 0 Å². The summed E-state index contributed by atoms with van der Waals surface area (Å²) >= 11 is 0. The van der Waals surface area contributed by atoms with E-state index in [4.69, 9.17) is 4.42 Å². The highest BCUT2D eigenvalue weighted by Gasteiger charge is 2.16. The van der Waals surface area contributed by atoms with E-state index in [0.717, 1.165) is 11.1 Å². The van der Waals surface area contributed by atoms with Crippen LogP contribution in [0.5, 0.6) is 0 Å². The SMILES string of the molecule is COC(=O)c1occc1CNC(C)c1cccnc1. The lowest BCUT2D eigenvalue weighted by molar-refractivity contribution is 0.0563. The summed E-state index contributed by atoms with van der Waals surface area (Å²) in [5.74, 6) is -0.218. The second-order valence-corrected chi connectivity index (χ2v) is 4.16. The molecule has 1 N–H and O–H groups in total. The third-order valence-electron chi connectivity index (χ3n) is 2.90. The fourth-order valence-electron chi connectivity index (χ4n) is 1.76. The first-order valence-electron chi connectivity index (χ1n) is 6.00. The van der Waals surface area contributed by atoms with Crippen LogP contribution < -0.4 is 5.32 Å². The Morgan fingerprint density at radius 3 is 3.05 bits per heavy atom. The lowest BCUT2D eigenvalue weighted by atomic mass is 10.1. The van der Waals surface area contributed by atoms with Gasteiger partial charge >= 0.3 is 5.97 Å². The number of carbonyl (C=O) groups excluding carboxylic acids is 1. The van der Waals surface area contributed by atoms with E-state index in [-0.39, 0.29) is 11.8 Å². The van der Waals surface area contributed by atoms with Gasteiger partial charge in [0.25, 0.3) is 0 Å². The Balaban J connectivity index is 2.00. The normalized spacial score (nSPS) is 12.1. The van der Waals surface area contributed by atoms with Gasteiger partial charge in [-0.3, -0.25) is 4.98 Å². The summed E-state index contributed by atoms with van der Waals surface area (Å²) in [7, 11) is 1.33. The van der Waals surface area contributed by atoms with E-state index in [9.17, 15) is 4.79 Å². The maximum absolute atomic E-state index is 11.5. The van der Waals surface area contributed by atoms with Gasteiger partial charge in [0.15, 0.2) is 0 Å². The molecule has 0 saturated heterocycles. The number of ether oxygens (including phenoxy) is 1. The molecule has 5 nitrogen and oxygen atoms in total. The van der Waals surface area contributed by atoms with Crippen LogP contribution in [0.15, 0.2) is 41.3 Å². The first-order chi connectivity index (χ1) is 9.22. The number of aromatic nitrogens is 1. The third kappa shape index (κ3) is 3.20. The topological polar surface area (TPSA) is 64.4 Å². The molecule has 0 radical (unpaired) electrons. The Kier molecular flexibility index (Phi) is 4.30. The lowest BCUT2D eigenvalue weighted by Gasteiger charge is -2.13. The number of esters is 1. The lowest BCUT2D eigenvalue weighted by Crippen LogP contribution is -2.19. The zero-order valence-corrected chi connectivity index (χ0v) is 10.9. The van der Waals surface area contributed by atoms with Crippen molar-refractivity contribution in [2.45, 2.75) is 19.5 Å². The molecular formula is C14H16N2O3. The molecule has 0 fully saturated rings. The van der Waals surface area contributed by atoms with Crippen LogP contribution in [0.4, 0.5) is 0 Å². The predicted molar refractivity (Wildman–Crippen MR) is 69.5 cm³/mol. The van der Waals surface area contributed by atoms with E-state index in [1.54, 1.807) is 12.3 Å². The van der Waals surface area contributed by atoms with E-state index < -0.39 is 5.97 Å². The van der Waals surface area contributed by atoms with Crippen molar-refractivity contribution in [3.05, 3.63) is 53.7 Å². The second-order valence-electron chi connectivity index (χ2n) is 4.16. The summed E-state index contributed by atoms with van der Waals surface area (Å²) in [4.78, 5) is 15.5. The highest BCUT2D eigenvalue weighted by Crippen LogP contribution is 2.15. The van der Waals surface area contributed by atoms with Crippen LogP contribution in [0.25, 0.3) is 0 Å². The van der Waals surface area contributed by atoms with Crippen molar-refractivity contribution in [1.29, 1.82) is 0 Å². The molecule has 100 valence electrons. The Bertz CT molecular complexity index is 537. The van der Waals surface area contributed by atoms with Crippen molar-refractivity contribution in [2.24, 2.45) is 0 Å². The molecule has 5 heteroatoms. The zero-order valence-electron chi connectivity index (χ0n) is 10.9. The minimum absolute atomic E-state index is 0.133. The maximum atomic E-state index is 11.5. The van der Waals surface area contributed by atoms with Crippen molar-refractivity contribution in [3.63, 3.8) is 0 Å². The predicted octanol–water partition coefficient (Wildman–Crippen LogP) is 2.31. The van der Waals surface area contributed by atoms with Crippen molar-refractivity contribution in [3.8, 4) is 0 Å². The van der Waals surface area contributed by atoms with Gasteiger partial charge in [-0.2, -0.15) is 0 Å². The minimum atomic E-state index is -0.462. The molecule has 0 spiro atoms. The molecule has 2 aromatic rings. The molecule has 0 aliphatic rings. The van der Waals surface area contributed by atoms with Gasteiger partial charge in [0, 0.05) is 30.5 Å². The monoisotopic (exact) mass is 260 g/mol. The number of carbonyl (C=O) groups is 1. The standard InChI is InChI=1S/C14H16N2O3/c1-10(11-4-3-6-15-8-11)16-9-12-5-7-19-13(12)14(17)18-2/h3-8,10,16H,9H2,1-2H3. The molecule has 0 bridgehead atoms. The van der Waals surface area contributed by atoms with Crippen LogP contribution in [0.3, 0.4) is 0 Å². The van der Waals surface area contributed by atoms with Crippen molar-refractivity contribution >= 4 is 5.97 Å². The number of hydrogen-bond donors (Lipinski definition) is 1. The molecule has 19 heavy (non-hydrogen) atoms. The zero-order chi connectivity index (χ0) is 13.7. The molecule has 0 amide bonds. The van der Waals surface area contributed by atoms with Gasteiger partial charge in [0.05, 0.1) is 13.4 Å². The van der Waals surface area contributed by atoms with Crippen molar-refractivity contribution in [2.75, 3.05) is 7.11 Å². The molecule has 1 unspecified atom stereocenters. The smallest absolute Gasteiger partial charge is 0.374 e. The van der Waals surface area contributed by atoms with Crippen molar-refractivity contribution in [1.82, 2.24) is 10.3 Å². The van der Waals surface area contributed by atoms with Gasteiger partial charge in [-0.1, -0.05) is 6.07 Å². The van der Waals surface area contributed by atoms with Crippen LogP contribution in [0, 0.1) is 0 Å². The van der Waals surface area contributed by atoms with Crippen LogP contribution in [-0.4, -0.2) is 18.1 Å². The number of methoxy groups -OCH3 is 1. The van der Waals surface area contributed by atoms with Gasteiger partial charge in [-0.05, 0) is 24.6 Å². The highest BCUT2D eigenvalue weighted by atomic mass is 16.5. The van der Waals surface area contributed by atoms with Gasteiger partial charge in [-0.25, -0.2) is 4.79 Å². The highest BCUT2D eigenvalue weighted by molar-refractivity contribution is 5.87. The number of nitrogens with zero attached hydrogens (tertiary/aromatic N) is 1. The van der Waals surface area contributed by atoms with E-state index in [1.165, 1.54) is 13.4 Å². The Morgan fingerprint density at radius 1 is 1.53 bits per heavy atom. The number of rotatable bonds is 5. The summed E-state index contributed by atoms with van der Waals surface area (Å²) in [5.41, 5.74) is 1.87. The van der Waals surface area contributed by atoms with Gasteiger partial charge in [0.1, 0.15) is 0 Å². The molecule has 0 aliphatic heterocycles. The fraction of sp³-hybridized carbons (Fsp3) is 0.286. The second kappa shape index (κ2) is 6.15.